The van der Waals surface area contributed by atoms with E-state index in [1.807, 2.05) is 0 Å². The van der Waals surface area contributed by atoms with Crippen molar-refractivity contribution in [3.05, 3.63) is 34.9 Å². The van der Waals surface area contributed by atoms with Crippen molar-refractivity contribution in [2.24, 2.45) is 22.7 Å². The van der Waals surface area contributed by atoms with Crippen LogP contribution < -0.4 is 0 Å². The summed E-state index contributed by atoms with van der Waals surface area (Å²) in [6.07, 6.45) is 8.56. The van der Waals surface area contributed by atoms with Gasteiger partial charge in [-0.25, -0.2) is 0 Å². The normalized spacial score (nSPS) is 40.3. The fourth-order valence-corrected chi connectivity index (χ4v) is 6.21. The average molecular weight is 282 g/mol. The standard InChI is InChI=1S/C21H30/c1-14-5-7-16-15(13-14)6-8-18-17(16)9-12-21(4)19(18)10-11-20(21,2)3/h5,7,13,17-19H,6,8-12H2,1-4H3. The number of rotatable bonds is 0. The Morgan fingerprint density at radius 2 is 1.81 bits per heavy atom. The molecule has 3 aliphatic carbocycles. The van der Waals surface area contributed by atoms with Gasteiger partial charge in [0.15, 0.2) is 0 Å². The first-order valence-corrected chi connectivity index (χ1v) is 9.02. The molecule has 0 N–H and O–H groups in total. The van der Waals surface area contributed by atoms with Crippen molar-refractivity contribution in [1.82, 2.24) is 0 Å². The van der Waals surface area contributed by atoms with Crippen LogP contribution in [0.3, 0.4) is 0 Å². The highest BCUT2D eigenvalue weighted by atomic mass is 14.6. The minimum Gasteiger partial charge on any atom is -0.0594 e. The fraction of sp³-hybridized carbons (Fsp3) is 0.714. The van der Waals surface area contributed by atoms with Crippen LogP contribution in [0.5, 0.6) is 0 Å². The van der Waals surface area contributed by atoms with Gasteiger partial charge in [0.1, 0.15) is 0 Å². The van der Waals surface area contributed by atoms with Crippen LogP contribution in [0.1, 0.15) is 75.5 Å². The Kier molecular flexibility index (Phi) is 2.88. The maximum absolute atomic E-state index is 2.62. The first kappa shape index (κ1) is 13.9. The highest BCUT2D eigenvalue weighted by Crippen LogP contribution is 2.67. The van der Waals surface area contributed by atoms with Crippen molar-refractivity contribution < 1.29 is 0 Å². The molecule has 2 fully saturated rings. The summed E-state index contributed by atoms with van der Waals surface area (Å²) in [5.41, 5.74) is 5.96. The van der Waals surface area contributed by atoms with Crippen molar-refractivity contribution in [2.45, 2.75) is 72.1 Å². The molecule has 4 unspecified atom stereocenters. The molecule has 1 aromatic rings. The van der Waals surface area contributed by atoms with E-state index >= 15 is 0 Å². The molecule has 114 valence electrons. The van der Waals surface area contributed by atoms with Crippen molar-refractivity contribution in [1.29, 1.82) is 0 Å². The quantitative estimate of drug-likeness (QED) is 0.557. The second kappa shape index (κ2) is 4.37. The summed E-state index contributed by atoms with van der Waals surface area (Å²) < 4.78 is 0. The van der Waals surface area contributed by atoms with E-state index in [0.717, 1.165) is 17.8 Å². The molecule has 1 aromatic carbocycles. The molecular formula is C21H30. The van der Waals surface area contributed by atoms with E-state index in [4.69, 9.17) is 0 Å². The van der Waals surface area contributed by atoms with E-state index in [-0.39, 0.29) is 0 Å². The summed E-state index contributed by atoms with van der Waals surface area (Å²) in [5, 5.41) is 0. The maximum atomic E-state index is 2.62. The lowest BCUT2D eigenvalue weighted by Crippen LogP contribution is -2.45. The Bertz CT molecular complexity index is 567. The monoisotopic (exact) mass is 282 g/mol. The van der Waals surface area contributed by atoms with Crippen LogP contribution in [-0.4, -0.2) is 0 Å². The molecule has 0 saturated heterocycles. The Balaban J connectivity index is 1.72. The molecule has 4 atom stereocenters. The van der Waals surface area contributed by atoms with Crippen molar-refractivity contribution in [3.8, 4) is 0 Å². The third-order valence-corrected chi connectivity index (χ3v) is 7.90. The third-order valence-electron chi connectivity index (χ3n) is 7.90. The number of hydrogen-bond acceptors (Lipinski definition) is 0. The number of benzene rings is 1. The predicted octanol–water partition coefficient (Wildman–Crippen LogP) is 5.88. The van der Waals surface area contributed by atoms with Gasteiger partial charge in [-0.2, -0.15) is 0 Å². The van der Waals surface area contributed by atoms with Gasteiger partial charge in [-0.3, -0.25) is 0 Å². The van der Waals surface area contributed by atoms with Gasteiger partial charge in [-0.15, -0.1) is 0 Å². The van der Waals surface area contributed by atoms with Gasteiger partial charge in [0, 0.05) is 0 Å². The molecule has 0 nitrogen and oxygen atoms in total. The lowest BCUT2D eigenvalue weighted by atomic mass is 9.51. The Morgan fingerprint density at radius 1 is 1.00 bits per heavy atom. The second-order valence-electron chi connectivity index (χ2n) is 9.00. The first-order chi connectivity index (χ1) is 9.92. The smallest absolute Gasteiger partial charge is 0.0128 e. The predicted molar refractivity (Wildman–Crippen MR) is 89.6 cm³/mol. The number of hydrogen-bond donors (Lipinski definition) is 0. The van der Waals surface area contributed by atoms with E-state index in [0.29, 0.717) is 10.8 Å². The van der Waals surface area contributed by atoms with Gasteiger partial charge in [-0.1, -0.05) is 44.5 Å². The Morgan fingerprint density at radius 3 is 2.62 bits per heavy atom. The van der Waals surface area contributed by atoms with Crippen LogP contribution in [0, 0.1) is 29.6 Å². The lowest BCUT2D eigenvalue weighted by Gasteiger charge is -2.53. The lowest BCUT2D eigenvalue weighted by molar-refractivity contribution is -0.00853. The Labute approximate surface area is 130 Å². The van der Waals surface area contributed by atoms with Crippen LogP contribution in [0.4, 0.5) is 0 Å². The molecule has 0 aromatic heterocycles. The van der Waals surface area contributed by atoms with Crippen molar-refractivity contribution >= 4 is 0 Å². The van der Waals surface area contributed by atoms with E-state index in [1.54, 1.807) is 11.1 Å². The topological polar surface area (TPSA) is 0 Å². The van der Waals surface area contributed by atoms with Gasteiger partial charge in [0.2, 0.25) is 0 Å². The van der Waals surface area contributed by atoms with Gasteiger partial charge >= 0.3 is 0 Å². The SMILES string of the molecule is Cc1ccc2c(c1)CCC1C2CCC2(C)C1CCC2(C)C. The molecule has 3 aliphatic rings. The minimum atomic E-state index is 0.552. The minimum absolute atomic E-state index is 0.552. The summed E-state index contributed by atoms with van der Waals surface area (Å²) >= 11 is 0. The first-order valence-electron chi connectivity index (χ1n) is 9.02. The molecule has 0 bridgehead atoms. The largest absolute Gasteiger partial charge is 0.0594 e. The van der Waals surface area contributed by atoms with Gasteiger partial charge in [0.05, 0.1) is 0 Å². The van der Waals surface area contributed by atoms with Gasteiger partial charge in [0.25, 0.3) is 0 Å². The van der Waals surface area contributed by atoms with Crippen LogP contribution in [0.2, 0.25) is 0 Å². The summed E-state index contributed by atoms with van der Waals surface area (Å²) in [4.78, 5) is 0. The summed E-state index contributed by atoms with van der Waals surface area (Å²) in [5.74, 6) is 2.79. The molecule has 0 heterocycles. The molecular weight excluding hydrogens is 252 g/mol. The van der Waals surface area contributed by atoms with E-state index < -0.39 is 0 Å². The number of fused-ring (bicyclic) bond motifs is 5. The maximum Gasteiger partial charge on any atom is -0.0128 e. The zero-order chi connectivity index (χ0) is 14.8. The molecule has 0 amide bonds. The van der Waals surface area contributed by atoms with Crippen LogP contribution in [0.15, 0.2) is 18.2 Å². The van der Waals surface area contributed by atoms with Gasteiger partial charge in [-0.05, 0) is 85.2 Å². The number of aryl methyl sites for hydroxylation is 2. The van der Waals surface area contributed by atoms with E-state index in [9.17, 15) is 0 Å². The molecule has 0 heteroatoms. The summed E-state index contributed by atoms with van der Waals surface area (Å²) in [6, 6.07) is 7.26. The van der Waals surface area contributed by atoms with E-state index in [1.165, 1.54) is 44.1 Å². The molecule has 0 aliphatic heterocycles. The molecule has 0 radical (unpaired) electrons. The highest BCUT2D eigenvalue weighted by Gasteiger charge is 2.57. The second-order valence-corrected chi connectivity index (χ2v) is 9.00. The summed E-state index contributed by atoms with van der Waals surface area (Å²) in [7, 11) is 0. The van der Waals surface area contributed by atoms with Crippen LogP contribution in [0.25, 0.3) is 0 Å². The zero-order valence-corrected chi connectivity index (χ0v) is 14.2. The average Bonchev–Trinajstić information content (AvgIpc) is 2.69. The van der Waals surface area contributed by atoms with Crippen LogP contribution >= 0.6 is 0 Å². The third kappa shape index (κ3) is 1.80. The van der Waals surface area contributed by atoms with Gasteiger partial charge < -0.3 is 0 Å². The molecule has 2 saturated carbocycles. The van der Waals surface area contributed by atoms with Crippen molar-refractivity contribution in [3.63, 3.8) is 0 Å². The molecule has 4 rings (SSSR count). The molecule has 0 spiro atoms. The Hall–Kier alpha value is -0.780. The van der Waals surface area contributed by atoms with E-state index in [2.05, 4.69) is 45.9 Å². The molecule has 21 heavy (non-hydrogen) atoms. The fourth-order valence-electron chi connectivity index (χ4n) is 6.21. The van der Waals surface area contributed by atoms with Crippen LogP contribution in [-0.2, 0) is 6.42 Å². The highest BCUT2D eigenvalue weighted by molar-refractivity contribution is 5.37. The summed E-state index contributed by atoms with van der Waals surface area (Å²) in [6.45, 7) is 9.93. The zero-order valence-electron chi connectivity index (χ0n) is 14.2. The van der Waals surface area contributed by atoms with Crippen molar-refractivity contribution in [2.75, 3.05) is 0 Å².